The molecule has 0 aliphatic carbocycles. The lowest BCUT2D eigenvalue weighted by Gasteiger charge is -2.21. The Morgan fingerprint density at radius 3 is 2.15 bits per heavy atom. The molecule has 1 amide bonds. The summed E-state index contributed by atoms with van der Waals surface area (Å²) in [6, 6.07) is 12.1. The third-order valence-electron chi connectivity index (χ3n) is 4.74. The van der Waals surface area contributed by atoms with E-state index >= 15 is 0 Å². The van der Waals surface area contributed by atoms with E-state index in [1.54, 1.807) is 58.2 Å². The Balaban J connectivity index is 1.93. The Kier molecular flexibility index (Phi) is 6.81. The molecule has 7 nitrogen and oxygen atoms in total. The quantitative estimate of drug-likeness (QED) is 0.458. The standard InChI is InChI=1S/C24H25F3N2O5/c1-15(30)28(5)17-7-10-19(11-8-17)32-14-18-12-16-6-9-20(33-24(25,26)27)13-21(16)29(18)22(31)34-23(2,3)4/h6-13H,14H2,1-5H3. The van der Waals surface area contributed by atoms with E-state index in [9.17, 15) is 22.8 Å². The van der Waals surface area contributed by atoms with Crippen LogP contribution in [0.3, 0.4) is 0 Å². The highest BCUT2D eigenvalue weighted by Crippen LogP contribution is 2.30. The van der Waals surface area contributed by atoms with Gasteiger partial charge in [0.2, 0.25) is 5.91 Å². The van der Waals surface area contributed by atoms with E-state index in [0.29, 0.717) is 22.5 Å². The predicted molar refractivity (Wildman–Crippen MR) is 120 cm³/mol. The first-order valence-electron chi connectivity index (χ1n) is 10.3. The summed E-state index contributed by atoms with van der Waals surface area (Å²) in [6.45, 7) is 6.44. The molecule has 0 N–H and O–H groups in total. The van der Waals surface area contributed by atoms with Crippen molar-refractivity contribution in [2.45, 2.75) is 46.3 Å². The number of carbonyl (C=O) groups is 2. The maximum Gasteiger partial charge on any atom is 0.573 e. The topological polar surface area (TPSA) is 70.0 Å². The SMILES string of the molecule is CC(=O)N(C)c1ccc(OCc2cc3ccc(OC(F)(F)F)cc3n2C(=O)OC(C)(C)C)cc1. The van der Waals surface area contributed by atoms with Gasteiger partial charge in [0.1, 0.15) is 23.7 Å². The van der Waals surface area contributed by atoms with Gasteiger partial charge in [0.25, 0.3) is 0 Å². The number of anilines is 1. The molecule has 3 aromatic rings. The molecule has 182 valence electrons. The number of alkyl halides is 3. The summed E-state index contributed by atoms with van der Waals surface area (Å²) in [5, 5.41) is 0.511. The normalized spacial score (nSPS) is 11.9. The molecule has 0 aliphatic heterocycles. The van der Waals surface area contributed by atoms with Crippen molar-refractivity contribution < 1.29 is 37.0 Å². The Bertz CT molecular complexity index is 1190. The highest BCUT2D eigenvalue weighted by molar-refractivity contribution is 5.92. The van der Waals surface area contributed by atoms with E-state index in [1.807, 2.05) is 0 Å². The highest BCUT2D eigenvalue weighted by atomic mass is 19.4. The fourth-order valence-corrected chi connectivity index (χ4v) is 3.17. The van der Waals surface area contributed by atoms with Gasteiger partial charge in [0.15, 0.2) is 0 Å². The number of ether oxygens (including phenoxy) is 3. The van der Waals surface area contributed by atoms with Crippen molar-refractivity contribution in [3.63, 3.8) is 0 Å². The number of amides is 1. The number of hydrogen-bond acceptors (Lipinski definition) is 5. The zero-order valence-electron chi connectivity index (χ0n) is 19.4. The van der Waals surface area contributed by atoms with Crippen molar-refractivity contribution in [1.82, 2.24) is 4.57 Å². The number of rotatable bonds is 5. The largest absolute Gasteiger partial charge is 0.573 e. The summed E-state index contributed by atoms with van der Waals surface area (Å²) in [5.74, 6) is -0.104. The van der Waals surface area contributed by atoms with E-state index < -0.39 is 23.8 Å². The van der Waals surface area contributed by atoms with E-state index in [-0.39, 0.29) is 18.0 Å². The van der Waals surface area contributed by atoms with Crippen LogP contribution < -0.4 is 14.4 Å². The van der Waals surface area contributed by atoms with Crippen molar-refractivity contribution >= 4 is 28.6 Å². The first-order chi connectivity index (χ1) is 15.7. The molecule has 1 heterocycles. The number of nitrogens with zero attached hydrogens (tertiary/aromatic N) is 2. The first-order valence-corrected chi connectivity index (χ1v) is 10.3. The molecule has 0 saturated carbocycles. The third kappa shape index (κ3) is 6.21. The van der Waals surface area contributed by atoms with Gasteiger partial charge in [-0.3, -0.25) is 4.79 Å². The summed E-state index contributed by atoms with van der Waals surface area (Å²) in [4.78, 5) is 25.9. The number of halogens is 3. The molecular weight excluding hydrogens is 453 g/mol. The Morgan fingerprint density at radius 1 is 0.971 bits per heavy atom. The molecule has 0 spiro atoms. The van der Waals surface area contributed by atoms with Crippen LogP contribution in [0.2, 0.25) is 0 Å². The van der Waals surface area contributed by atoms with Crippen LogP contribution in [0.1, 0.15) is 33.4 Å². The smallest absolute Gasteiger partial charge is 0.487 e. The summed E-state index contributed by atoms with van der Waals surface area (Å²) < 4.78 is 54.5. The maximum atomic E-state index is 12.9. The molecule has 0 fully saturated rings. The van der Waals surface area contributed by atoms with Gasteiger partial charge in [-0.1, -0.05) is 0 Å². The lowest BCUT2D eigenvalue weighted by molar-refractivity contribution is -0.274. The van der Waals surface area contributed by atoms with E-state index in [2.05, 4.69) is 4.74 Å². The van der Waals surface area contributed by atoms with Crippen LogP contribution in [0.5, 0.6) is 11.5 Å². The van der Waals surface area contributed by atoms with E-state index in [1.165, 1.54) is 28.5 Å². The second kappa shape index (κ2) is 9.28. The summed E-state index contributed by atoms with van der Waals surface area (Å²) in [7, 11) is 1.65. The van der Waals surface area contributed by atoms with Crippen LogP contribution >= 0.6 is 0 Å². The molecule has 2 aromatic carbocycles. The molecule has 0 atom stereocenters. The number of benzene rings is 2. The predicted octanol–water partition coefficient (Wildman–Crippen LogP) is 5.88. The van der Waals surface area contributed by atoms with Crippen molar-refractivity contribution in [2.24, 2.45) is 0 Å². The molecule has 1 aromatic heterocycles. The molecular formula is C24H25F3N2O5. The van der Waals surface area contributed by atoms with Gasteiger partial charge in [-0.15, -0.1) is 13.2 Å². The first kappa shape index (κ1) is 24.9. The Morgan fingerprint density at radius 2 is 1.59 bits per heavy atom. The number of fused-ring (bicyclic) bond motifs is 1. The van der Waals surface area contributed by atoms with Crippen molar-refractivity contribution in [3.05, 3.63) is 54.2 Å². The number of carbonyl (C=O) groups excluding carboxylic acids is 2. The van der Waals surface area contributed by atoms with Gasteiger partial charge in [-0.25, -0.2) is 9.36 Å². The van der Waals surface area contributed by atoms with Gasteiger partial charge in [0.05, 0.1) is 11.2 Å². The van der Waals surface area contributed by atoms with Gasteiger partial charge in [0, 0.05) is 31.1 Å². The Labute approximate surface area is 194 Å². The van der Waals surface area contributed by atoms with Crippen molar-refractivity contribution in [3.8, 4) is 11.5 Å². The van der Waals surface area contributed by atoms with E-state index in [0.717, 1.165) is 6.07 Å². The minimum absolute atomic E-state index is 0.0642. The molecule has 34 heavy (non-hydrogen) atoms. The summed E-state index contributed by atoms with van der Waals surface area (Å²) in [5.41, 5.74) is 0.413. The monoisotopic (exact) mass is 478 g/mol. The fourth-order valence-electron chi connectivity index (χ4n) is 3.17. The lowest BCUT2D eigenvalue weighted by Crippen LogP contribution is -2.28. The average Bonchev–Trinajstić information content (AvgIpc) is 3.07. The van der Waals surface area contributed by atoms with Crippen LogP contribution in [0, 0.1) is 0 Å². The van der Waals surface area contributed by atoms with Crippen LogP contribution in [-0.2, 0) is 16.1 Å². The van der Waals surface area contributed by atoms with Gasteiger partial charge in [-0.05, 0) is 63.2 Å². The van der Waals surface area contributed by atoms with Crippen LogP contribution in [0.25, 0.3) is 10.9 Å². The van der Waals surface area contributed by atoms with Gasteiger partial charge in [-0.2, -0.15) is 0 Å². The fraction of sp³-hybridized carbons (Fsp3) is 0.333. The minimum atomic E-state index is -4.87. The molecule has 0 aliphatic rings. The molecule has 10 heteroatoms. The van der Waals surface area contributed by atoms with Crippen LogP contribution in [-0.4, -0.2) is 35.6 Å². The summed E-state index contributed by atoms with van der Waals surface area (Å²) in [6.07, 6.45) is -5.63. The molecule has 0 bridgehead atoms. The minimum Gasteiger partial charge on any atom is -0.487 e. The third-order valence-corrected chi connectivity index (χ3v) is 4.74. The zero-order chi connectivity index (χ0) is 25.3. The number of aromatic nitrogens is 1. The van der Waals surface area contributed by atoms with Crippen LogP contribution in [0.4, 0.5) is 23.7 Å². The van der Waals surface area contributed by atoms with Crippen LogP contribution in [0.15, 0.2) is 48.5 Å². The summed E-state index contributed by atoms with van der Waals surface area (Å²) >= 11 is 0. The molecule has 0 saturated heterocycles. The zero-order valence-corrected chi connectivity index (χ0v) is 19.4. The molecule has 3 rings (SSSR count). The van der Waals surface area contributed by atoms with Gasteiger partial charge >= 0.3 is 12.5 Å². The second-order valence-corrected chi connectivity index (χ2v) is 8.58. The van der Waals surface area contributed by atoms with Crippen molar-refractivity contribution in [1.29, 1.82) is 0 Å². The Hall–Kier alpha value is -3.69. The molecule has 0 unspecified atom stereocenters. The average molecular weight is 478 g/mol. The highest BCUT2D eigenvalue weighted by Gasteiger charge is 2.31. The lowest BCUT2D eigenvalue weighted by atomic mass is 10.2. The molecule has 0 radical (unpaired) electrons. The maximum absolute atomic E-state index is 12.9. The van der Waals surface area contributed by atoms with Gasteiger partial charge < -0.3 is 19.1 Å². The van der Waals surface area contributed by atoms with E-state index in [4.69, 9.17) is 9.47 Å². The number of hydrogen-bond donors (Lipinski definition) is 0. The van der Waals surface area contributed by atoms with Crippen molar-refractivity contribution in [2.75, 3.05) is 11.9 Å². The second-order valence-electron chi connectivity index (χ2n) is 8.58.